The predicted molar refractivity (Wildman–Crippen MR) is 99.1 cm³/mol. The van der Waals surface area contributed by atoms with E-state index in [4.69, 9.17) is 0 Å². The van der Waals surface area contributed by atoms with E-state index < -0.39 is 31.8 Å². The van der Waals surface area contributed by atoms with Gasteiger partial charge < -0.3 is 0 Å². The van der Waals surface area contributed by atoms with Crippen LogP contribution in [0.5, 0.6) is 0 Å². The van der Waals surface area contributed by atoms with Gasteiger partial charge in [0.1, 0.15) is 0 Å². The number of anilines is 2. The zero-order valence-corrected chi connectivity index (χ0v) is 16.1. The Morgan fingerprint density at radius 1 is 1.00 bits per heavy atom. The topological polar surface area (TPSA) is 83.6 Å². The maximum absolute atomic E-state index is 12.8. The fourth-order valence-corrected chi connectivity index (χ4v) is 5.53. The maximum Gasteiger partial charge on any atom is 0.416 e. The summed E-state index contributed by atoms with van der Waals surface area (Å²) in [5.74, 6) is 0.0319. The molecule has 0 aromatic heterocycles. The zero-order chi connectivity index (χ0) is 20.6. The van der Waals surface area contributed by atoms with Crippen molar-refractivity contribution in [3.63, 3.8) is 0 Å². The number of benzene rings is 2. The molecule has 11 heteroatoms. The molecule has 6 nitrogen and oxygen atoms in total. The van der Waals surface area contributed by atoms with E-state index in [2.05, 4.69) is 4.72 Å². The van der Waals surface area contributed by atoms with Crippen LogP contribution in [-0.2, 0) is 26.2 Å². The lowest BCUT2D eigenvalue weighted by atomic mass is 10.2. The number of hydrogen-bond donors (Lipinski definition) is 1. The summed E-state index contributed by atoms with van der Waals surface area (Å²) in [4.78, 5) is -0.192. The minimum Gasteiger partial charge on any atom is -0.280 e. The van der Waals surface area contributed by atoms with E-state index in [-0.39, 0.29) is 16.3 Å². The molecular formula is C17H17F3N2O4S2. The fraction of sp³-hybridized carbons (Fsp3) is 0.294. The third-order valence-electron chi connectivity index (χ3n) is 4.23. The zero-order valence-electron chi connectivity index (χ0n) is 14.5. The Morgan fingerprint density at radius 3 is 2.29 bits per heavy atom. The average molecular weight is 434 g/mol. The molecule has 152 valence electrons. The largest absolute Gasteiger partial charge is 0.416 e. The van der Waals surface area contributed by atoms with Crippen molar-refractivity contribution in [2.75, 3.05) is 21.3 Å². The summed E-state index contributed by atoms with van der Waals surface area (Å²) in [6.45, 7) is 0.316. The molecule has 1 aliphatic rings. The molecule has 3 rings (SSSR count). The average Bonchev–Trinajstić information content (AvgIpc) is 2.61. The Bertz CT molecular complexity index is 1070. The highest BCUT2D eigenvalue weighted by Gasteiger charge is 2.31. The summed E-state index contributed by atoms with van der Waals surface area (Å²) in [6, 6.07) is 9.02. The number of sulfonamides is 2. The van der Waals surface area contributed by atoms with Crippen LogP contribution in [0, 0.1) is 0 Å². The van der Waals surface area contributed by atoms with Gasteiger partial charge in [0.05, 0.1) is 21.9 Å². The van der Waals surface area contributed by atoms with Crippen LogP contribution in [-0.4, -0.2) is 29.1 Å². The van der Waals surface area contributed by atoms with Crippen LogP contribution in [0.1, 0.15) is 18.4 Å². The number of hydrogen-bond acceptors (Lipinski definition) is 4. The molecule has 1 heterocycles. The van der Waals surface area contributed by atoms with E-state index in [1.807, 2.05) is 0 Å². The molecule has 0 unspecified atom stereocenters. The van der Waals surface area contributed by atoms with Crippen LogP contribution >= 0.6 is 0 Å². The Hall–Kier alpha value is -2.27. The molecule has 1 saturated heterocycles. The first-order valence-corrected chi connectivity index (χ1v) is 11.4. The molecule has 2 aromatic carbocycles. The van der Waals surface area contributed by atoms with Gasteiger partial charge in [-0.05, 0) is 55.3 Å². The third-order valence-corrected chi connectivity index (χ3v) is 7.49. The van der Waals surface area contributed by atoms with Crippen LogP contribution in [0.3, 0.4) is 0 Å². The van der Waals surface area contributed by atoms with Gasteiger partial charge in [-0.15, -0.1) is 0 Å². The van der Waals surface area contributed by atoms with E-state index in [0.717, 1.165) is 12.1 Å². The molecule has 28 heavy (non-hydrogen) atoms. The summed E-state index contributed by atoms with van der Waals surface area (Å²) < 4.78 is 90.8. The van der Waals surface area contributed by atoms with Gasteiger partial charge in [-0.3, -0.25) is 9.03 Å². The van der Waals surface area contributed by atoms with Gasteiger partial charge in [-0.2, -0.15) is 13.2 Å². The number of rotatable bonds is 4. The Labute approximate surface area is 161 Å². The number of nitrogens with zero attached hydrogens (tertiary/aromatic N) is 1. The molecule has 1 N–H and O–H groups in total. The van der Waals surface area contributed by atoms with Crippen molar-refractivity contribution < 1.29 is 30.0 Å². The normalized spacial score (nSPS) is 17.3. The predicted octanol–water partition coefficient (Wildman–Crippen LogP) is 3.44. The lowest BCUT2D eigenvalue weighted by Gasteiger charge is -2.28. The summed E-state index contributed by atoms with van der Waals surface area (Å²) >= 11 is 0. The van der Waals surface area contributed by atoms with E-state index in [0.29, 0.717) is 31.1 Å². The molecule has 0 spiro atoms. The van der Waals surface area contributed by atoms with Crippen molar-refractivity contribution in [2.24, 2.45) is 0 Å². The van der Waals surface area contributed by atoms with Gasteiger partial charge in [0, 0.05) is 12.2 Å². The second-order valence-corrected chi connectivity index (χ2v) is 9.97. The monoisotopic (exact) mass is 434 g/mol. The third kappa shape index (κ3) is 4.41. The van der Waals surface area contributed by atoms with E-state index in [1.54, 1.807) is 0 Å². The summed E-state index contributed by atoms with van der Waals surface area (Å²) in [6.07, 6.45) is -3.31. The van der Waals surface area contributed by atoms with Crippen LogP contribution in [0.2, 0.25) is 0 Å². The smallest absolute Gasteiger partial charge is 0.280 e. The van der Waals surface area contributed by atoms with Crippen molar-refractivity contribution in [2.45, 2.75) is 23.9 Å². The first-order valence-electron chi connectivity index (χ1n) is 8.30. The molecule has 0 atom stereocenters. The van der Waals surface area contributed by atoms with Crippen molar-refractivity contribution in [1.82, 2.24) is 0 Å². The van der Waals surface area contributed by atoms with Crippen molar-refractivity contribution in [3.8, 4) is 0 Å². The van der Waals surface area contributed by atoms with E-state index in [9.17, 15) is 30.0 Å². The molecule has 1 fully saturated rings. The van der Waals surface area contributed by atoms with Crippen LogP contribution in [0.4, 0.5) is 24.5 Å². The Morgan fingerprint density at radius 2 is 1.68 bits per heavy atom. The molecule has 0 radical (unpaired) electrons. The molecule has 2 aromatic rings. The van der Waals surface area contributed by atoms with Crippen molar-refractivity contribution in [3.05, 3.63) is 54.1 Å². The highest BCUT2D eigenvalue weighted by Crippen LogP contribution is 2.31. The molecule has 1 aliphatic heterocycles. The first-order chi connectivity index (χ1) is 13.0. The van der Waals surface area contributed by atoms with Gasteiger partial charge in [0.15, 0.2) is 0 Å². The minimum absolute atomic E-state index is 0.0319. The first kappa shape index (κ1) is 20.5. The highest BCUT2D eigenvalue weighted by atomic mass is 32.2. The molecule has 0 aliphatic carbocycles. The molecular weight excluding hydrogens is 417 g/mol. The van der Waals surface area contributed by atoms with Crippen molar-refractivity contribution in [1.29, 1.82) is 0 Å². The van der Waals surface area contributed by atoms with Crippen LogP contribution in [0.15, 0.2) is 53.4 Å². The summed E-state index contributed by atoms with van der Waals surface area (Å²) in [5.41, 5.74) is -0.853. The summed E-state index contributed by atoms with van der Waals surface area (Å²) in [5, 5.41) is 0. The van der Waals surface area contributed by atoms with Crippen LogP contribution < -0.4 is 9.03 Å². The number of alkyl halides is 3. The van der Waals surface area contributed by atoms with Gasteiger partial charge >= 0.3 is 6.18 Å². The lowest BCUT2D eigenvalue weighted by Crippen LogP contribution is -2.37. The second-order valence-electron chi connectivity index (χ2n) is 6.27. The molecule has 0 bridgehead atoms. The van der Waals surface area contributed by atoms with Gasteiger partial charge in [-0.25, -0.2) is 16.8 Å². The van der Waals surface area contributed by atoms with Crippen LogP contribution in [0.25, 0.3) is 0 Å². The Kier molecular flexibility index (Phi) is 5.32. The standard InChI is InChI=1S/C17H17F3N2O4S2/c18-17(19,20)13-4-3-5-14(12-13)21-28(25,26)16-8-6-15(7-9-16)22-10-1-2-11-27(22,23)24/h3-9,12,21H,1-2,10-11H2. The highest BCUT2D eigenvalue weighted by molar-refractivity contribution is 7.93. The summed E-state index contributed by atoms with van der Waals surface area (Å²) in [7, 11) is -7.57. The van der Waals surface area contributed by atoms with Gasteiger partial charge in [0.25, 0.3) is 10.0 Å². The van der Waals surface area contributed by atoms with Crippen molar-refractivity contribution >= 4 is 31.4 Å². The lowest BCUT2D eigenvalue weighted by molar-refractivity contribution is -0.137. The number of halogens is 3. The van der Waals surface area contributed by atoms with E-state index >= 15 is 0 Å². The maximum atomic E-state index is 12.8. The fourth-order valence-electron chi connectivity index (χ4n) is 2.84. The van der Waals surface area contributed by atoms with E-state index in [1.165, 1.54) is 34.6 Å². The quantitative estimate of drug-likeness (QED) is 0.799. The minimum atomic E-state index is -4.59. The van der Waals surface area contributed by atoms with Gasteiger partial charge in [-0.1, -0.05) is 6.07 Å². The molecule has 0 saturated carbocycles. The molecule has 0 amide bonds. The SMILES string of the molecule is O=S(=O)(Nc1cccc(C(F)(F)F)c1)c1ccc(N2CCCCS2(=O)=O)cc1. The Balaban J connectivity index is 1.83. The van der Waals surface area contributed by atoms with Gasteiger partial charge in [0.2, 0.25) is 10.0 Å². The second kappa shape index (κ2) is 7.28. The number of nitrogens with one attached hydrogen (secondary N) is 1.